The lowest BCUT2D eigenvalue weighted by atomic mass is 9.88. The largest absolute Gasteiger partial charge is 0.309 e. The van der Waals surface area contributed by atoms with Gasteiger partial charge < -0.3 is 5.32 Å². The first-order valence-corrected chi connectivity index (χ1v) is 8.34. The molecule has 2 nitrogen and oxygen atoms in total. The van der Waals surface area contributed by atoms with Crippen LogP contribution in [0.2, 0.25) is 0 Å². The van der Waals surface area contributed by atoms with E-state index in [0.29, 0.717) is 5.92 Å². The number of pyridine rings is 1. The molecule has 4 heteroatoms. The molecule has 0 bridgehead atoms. The molecule has 0 saturated carbocycles. The molecule has 1 aliphatic heterocycles. The molecule has 0 radical (unpaired) electrons. The molecule has 2 heterocycles. The lowest BCUT2D eigenvalue weighted by molar-refractivity contribution is 0.449. The van der Waals surface area contributed by atoms with Crippen molar-refractivity contribution in [3.05, 3.63) is 59.7 Å². The fourth-order valence-electron chi connectivity index (χ4n) is 2.87. The van der Waals surface area contributed by atoms with Gasteiger partial charge in [0.25, 0.3) is 0 Å². The van der Waals surface area contributed by atoms with E-state index in [9.17, 15) is 4.39 Å². The van der Waals surface area contributed by atoms with Crippen molar-refractivity contribution < 1.29 is 4.39 Å². The van der Waals surface area contributed by atoms with Crippen LogP contribution in [0.3, 0.4) is 0 Å². The molecule has 1 aromatic carbocycles. The van der Waals surface area contributed by atoms with Crippen molar-refractivity contribution in [3.8, 4) is 0 Å². The molecule has 2 unspecified atom stereocenters. The Hall–Kier alpha value is -1.39. The van der Waals surface area contributed by atoms with Crippen molar-refractivity contribution in [2.45, 2.75) is 30.2 Å². The number of nitrogens with one attached hydrogen (secondary N) is 1. The van der Waals surface area contributed by atoms with Crippen LogP contribution in [0.1, 0.15) is 36.4 Å². The Morgan fingerprint density at radius 3 is 3.05 bits per heavy atom. The minimum atomic E-state index is -0.222. The Kier molecular flexibility index (Phi) is 4.56. The molecule has 21 heavy (non-hydrogen) atoms. The summed E-state index contributed by atoms with van der Waals surface area (Å²) in [4.78, 5) is 5.19. The molecule has 0 amide bonds. The van der Waals surface area contributed by atoms with E-state index in [1.165, 1.54) is 16.7 Å². The van der Waals surface area contributed by atoms with Crippen molar-refractivity contribution in [1.82, 2.24) is 10.3 Å². The van der Waals surface area contributed by atoms with Crippen LogP contribution in [-0.4, -0.2) is 17.3 Å². The van der Waals surface area contributed by atoms with Gasteiger partial charge in [-0.3, -0.25) is 4.98 Å². The molecule has 3 rings (SSSR count). The number of rotatable bonds is 5. The summed E-state index contributed by atoms with van der Waals surface area (Å²) in [5.74, 6) is 1.07. The van der Waals surface area contributed by atoms with Gasteiger partial charge in [-0.2, -0.15) is 0 Å². The number of hydrogen-bond donors (Lipinski definition) is 1. The van der Waals surface area contributed by atoms with Crippen LogP contribution in [0, 0.1) is 5.82 Å². The van der Waals surface area contributed by atoms with E-state index in [1.807, 2.05) is 11.8 Å². The Morgan fingerprint density at radius 2 is 2.24 bits per heavy atom. The number of benzene rings is 1. The van der Waals surface area contributed by atoms with Crippen LogP contribution in [0.25, 0.3) is 0 Å². The maximum Gasteiger partial charge on any atom is 0.146 e. The number of fused-ring (bicyclic) bond motifs is 1. The minimum absolute atomic E-state index is 0.00380. The first kappa shape index (κ1) is 14.5. The van der Waals surface area contributed by atoms with E-state index in [4.69, 9.17) is 0 Å². The van der Waals surface area contributed by atoms with Crippen molar-refractivity contribution >= 4 is 11.8 Å². The number of nitrogens with zero attached hydrogens (tertiary/aromatic N) is 1. The highest BCUT2D eigenvalue weighted by atomic mass is 32.2. The highest BCUT2D eigenvalue weighted by molar-refractivity contribution is 7.99. The summed E-state index contributed by atoms with van der Waals surface area (Å²) in [6.45, 7) is 3.01. The van der Waals surface area contributed by atoms with E-state index < -0.39 is 0 Å². The normalized spacial score (nSPS) is 18.5. The van der Waals surface area contributed by atoms with Gasteiger partial charge in [-0.1, -0.05) is 25.1 Å². The molecule has 1 aromatic heterocycles. The average molecular weight is 302 g/mol. The molecule has 0 saturated heterocycles. The van der Waals surface area contributed by atoms with Gasteiger partial charge in [-0.25, -0.2) is 4.39 Å². The summed E-state index contributed by atoms with van der Waals surface area (Å²) in [5.41, 5.74) is 2.05. The topological polar surface area (TPSA) is 24.9 Å². The summed E-state index contributed by atoms with van der Waals surface area (Å²) in [7, 11) is 0. The second kappa shape index (κ2) is 6.58. The smallest absolute Gasteiger partial charge is 0.146 e. The zero-order chi connectivity index (χ0) is 14.7. The third-order valence-electron chi connectivity index (χ3n) is 3.89. The van der Waals surface area contributed by atoms with Crippen LogP contribution >= 0.6 is 11.8 Å². The Balaban J connectivity index is 1.96. The fraction of sp³-hybridized carbons (Fsp3) is 0.353. The predicted molar refractivity (Wildman–Crippen MR) is 85.1 cm³/mol. The number of aromatic nitrogens is 1. The Bertz CT molecular complexity index is 617. The number of hydrogen-bond acceptors (Lipinski definition) is 3. The molecule has 0 spiro atoms. The zero-order valence-corrected chi connectivity index (χ0v) is 12.9. The highest BCUT2D eigenvalue weighted by Gasteiger charge is 2.32. The predicted octanol–water partition coefficient (Wildman–Crippen LogP) is 4.15. The summed E-state index contributed by atoms with van der Waals surface area (Å²) >= 11 is 1.86. The summed E-state index contributed by atoms with van der Waals surface area (Å²) in [6.07, 6.45) is 4.02. The van der Waals surface area contributed by atoms with Gasteiger partial charge in [-0.15, -0.1) is 11.8 Å². The molecular formula is C17H19FN2S. The molecular weight excluding hydrogens is 283 g/mol. The average Bonchev–Trinajstić information content (AvgIpc) is 2.93. The zero-order valence-electron chi connectivity index (χ0n) is 12.1. The van der Waals surface area contributed by atoms with E-state index >= 15 is 0 Å². The van der Waals surface area contributed by atoms with Crippen LogP contribution < -0.4 is 5.32 Å². The van der Waals surface area contributed by atoms with Gasteiger partial charge in [0.2, 0.25) is 0 Å². The first-order valence-electron chi connectivity index (χ1n) is 7.35. The second-order valence-corrected chi connectivity index (χ2v) is 6.35. The molecule has 2 aromatic rings. The van der Waals surface area contributed by atoms with Crippen molar-refractivity contribution in [3.63, 3.8) is 0 Å². The van der Waals surface area contributed by atoms with Crippen LogP contribution in [0.4, 0.5) is 4.39 Å². The first-order chi connectivity index (χ1) is 10.3. The van der Waals surface area contributed by atoms with Gasteiger partial charge in [-0.05, 0) is 30.7 Å². The SMILES string of the molecule is CCCNC(c1ccncc1F)C1CSc2ccccc21. The maximum absolute atomic E-state index is 14.2. The van der Waals surface area contributed by atoms with Crippen LogP contribution in [0.5, 0.6) is 0 Å². The summed E-state index contributed by atoms with van der Waals surface area (Å²) in [5, 5.41) is 3.53. The van der Waals surface area contributed by atoms with Crippen LogP contribution in [0.15, 0.2) is 47.6 Å². The second-order valence-electron chi connectivity index (χ2n) is 5.28. The van der Waals surface area contributed by atoms with E-state index in [0.717, 1.165) is 24.3 Å². The fourth-order valence-corrected chi connectivity index (χ4v) is 4.16. The summed E-state index contributed by atoms with van der Waals surface area (Å²) in [6, 6.07) is 10.3. The minimum Gasteiger partial charge on any atom is -0.309 e. The van der Waals surface area contributed by atoms with Crippen molar-refractivity contribution in [1.29, 1.82) is 0 Å². The third-order valence-corrected chi connectivity index (χ3v) is 5.10. The lowest BCUT2D eigenvalue weighted by Crippen LogP contribution is -2.29. The molecule has 0 aliphatic carbocycles. The van der Waals surface area contributed by atoms with Gasteiger partial charge in [0.05, 0.1) is 6.20 Å². The lowest BCUT2D eigenvalue weighted by Gasteiger charge is -2.26. The van der Waals surface area contributed by atoms with E-state index in [2.05, 4.69) is 41.5 Å². The monoisotopic (exact) mass is 302 g/mol. The highest BCUT2D eigenvalue weighted by Crippen LogP contribution is 2.45. The van der Waals surface area contributed by atoms with Gasteiger partial charge in [0, 0.05) is 34.4 Å². The third kappa shape index (κ3) is 2.97. The molecule has 1 aliphatic rings. The molecule has 110 valence electrons. The van der Waals surface area contributed by atoms with Crippen LogP contribution in [-0.2, 0) is 0 Å². The molecule has 2 atom stereocenters. The van der Waals surface area contributed by atoms with Crippen molar-refractivity contribution in [2.24, 2.45) is 0 Å². The van der Waals surface area contributed by atoms with Gasteiger partial charge in [0.15, 0.2) is 0 Å². The van der Waals surface area contributed by atoms with E-state index in [-0.39, 0.29) is 11.9 Å². The molecule has 0 fully saturated rings. The Morgan fingerprint density at radius 1 is 1.38 bits per heavy atom. The maximum atomic E-state index is 14.2. The quantitative estimate of drug-likeness (QED) is 0.898. The molecule has 1 N–H and O–H groups in total. The number of thioether (sulfide) groups is 1. The van der Waals surface area contributed by atoms with Crippen molar-refractivity contribution in [2.75, 3.05) is 12.3 Å². The van der Waals surface area contributed by atoms with Gasteiger partial charge in [0.1, 0.15) is 5.82 Å². The van der Waals surface area contributed by atoms with E-state index in [1.54, 1.807) is 12.3 Å². The Labute approximate surface area is 129 Å². The van der Waals surface area contributed by atoms with Gasteiger partial charge >= 0.3 is 0 Å². The summed E-state index contributed by atoms with van der Waals surface area (Å²) < 4.78 is 14.2. The standard InChI is InChI=1S/C17H19FN2S/c1-2-8-20-17(13-7-9-19-10-15(13)18)14-11-21-16-6-4-3-5-12(14)16/h3-7,9-10,14,17,20H,2,8,11H2,1H3. The number of halogens is 1.